The van der Waals surface area contributed by atoms with Crippen LogP contribution in [0.25, 0.3) is 0 Å². The predicted octanol–water partition coefficient (Wildman–Crippen LogP) is 1.41. The lowest BCUT2D eigenvalue weighted by atomic mass is 10.3. The van der Waals surface area contributed by atoms with E-state index >= 15 is 0 Å². The third kappa shape index (κ3) is 1.49. The van der Waals surface area contributed by atoms with Crippen molar-refractivity contribution in [2.45, 2.75) is 6.92 Å². The van der Waals surface area contributed by atoms with Gasteiger partial charge in [0.05, 0.1) is 0 Å². The van der Waals surface area contributed by atoms with Gasteiger partial charge in [0.25, 0.3) is 0 Å². The first-order valence-electron chi connectivity index (χ1n) is 2.90. The second kappa shape index (κ2) is 2.88. The molecule has 4 heteroatoms. The van der Waals surface area contributed by atoms with Crippen LogP contribution in [0, 0.1) is 6.92 Å². The monoisotopic (exact) mass is 172 g/mol. The van der Waals surface area contributed by atoms with E-state index in [4.69, 9.17) is 11.6 Å². The summed E-state index contributed by atoms with van der Waals surface area (Å²) in [5, 5.41) is 0.0237. The molecule has 1 rings (SSSR count). The van der Waals surface area contributed by atoms with E-state index in [0.717, 1.165) is 0 Å². The summed E-state index contributed by atoms with van der Waals surface area (Å²) in [6.07, 6.45) is 0.463. The molecule has 0 amide bonds. The summed E-state index contributed by atoms with van der Waals surface area (Å²) in [4.78, 5) is 20.9. The molecule has 0 atom stereocenters. The molecule has 11 heavy (non-hydrogen) atoms. The molecular weight excluding hydrogens is 168 g/mol. The molecule has 0 unspecified atom stereocenters. The van der Waals surface area contributed by atoms with Crippen LogP contribution in [-0.2, 0) is 0 Å². The Morgan fingerprint density at radius 1 is 1.64 bits per heavy atom. The first kappa shape index (κ1) is 8.01. The van der Waals surface area contributed by atoms with E-state index in [1.165, 1.54) is 6.07 Å². The van der Waals surface area contributed by atoms with Crippen molar-refractivity contribution in [3.05, 3.63) is 32.8 Å². The van der Waals surface area contributed by atoms with Gasteiger partial charge in [-0.05, 0) is 18.6 Å². The van der Waals surface area contributed by atoms with Gasteiger partial charge in [-0.25, -0.2) is 4.79 Å². The molecule has 0 aliphatic heterocycles. The maximum Gasteiger partial charge on any atom is 0.355 e. The van der Waals surface area contributed by atoms with Gasteiger partial charge in [0.1, 0.15) is 5.02 Å². The van der Waals surface area contributed by atoms with E-state index in [9.17, 15) is 9.59 Å². The average Bonchev–Trinajstić information content (AvgIpc) is 1.99. The van der Waals surface area contributed by atoms with Gasteiger partial charge in [0.2, 0.25) is 0 Å². The van der Waals surface area contributed by atoms with E-state index in [1.54, 1.807) is 6.92 Å². The highest BCUT2D eigenvalue weighted by atomic mass is 35.5. The molecule has 0 spiro atoms. The minimum absolute atomic E-state index is 0.00287. The van der Waals surface area contributed by atoms with Crippen molar-refractivity contribution in [1.82, 2.24) is 0 Å². The van der Waals surface area contributed by atoms with E-state index in [0.29, 0.717) is 11.8 Å². The molecule has 0 aliphatic carbocycles. The standard InChI is InChI=1S/C7H5ClO3/c1-4-2-5(3-9)11-7(10)6(4)8/h2-3H,1H3. The van der Waals surface area contributed by atoms with Crippen molar-refractivity contribution >= 4 is 17.9 Å². The van der Waals surface area contributed by atoms with Gasteiger partial charge in [-0.1, -0.05) is 11.6 Å². The Labute approximate surface area is 67.6 Å². The predicted molar refractivity (Wildman–Crippen MR) is 40.1 cm³/mol. The van der Waals surface area contributed by atoms with Crippen LogP contribution in [0.5, 0.6) is 0 Å². The van der Waals surface area contributed by atoms with Gasteiger partial charge in [-0.2, -0.15) is 0 Å². The van der Waals surface area contributed by atoms with Crippen molar-refractivity contribution in [3.63, 3.8) is 0 Å². The number of hydrogen-bond acceptors (Lipinski definition) is 3. The second-order valence-corrected chi connectivity index (χ2v) is 2.43. The highest BCUT2D eigenvalue weighted by Crippen LogP contribution is 2.09. The number of rotatable bonds is 1. The zero-order chi connectivity index (χ0) is 8.43. The fraction of sp³-hybridized carbons (Fsp3) is 0.143. The van der Waals surface area contributed by atoms with Crippen LogP contribution < -0.4 is 5.63 Å². The molecule has 0 radical (unpaired) electrons. The third-order valence-corrected chi connectivity index (χ3v) is 1.66. The molecule has 0 aromatic carbocycles. The molecule has 1 heterocycles. The van der Waals surface area contributed by atoms with Crippen molar-refractivity contribution in [1.29, 1.82) is 0 Å². The van der Waals surface area contributed by atoms with Crippen molar-refractivity contribution in [2.75, 3.05) is 0 Å². The molecular formula is C7H5ClO3. The van der Waals surface area contributed by atoms with Crippen molar-refractivity contribution in [3.8, 4) is 0 Å². The number of carbonyl (C=O) groups excluding carboxylic acids is 1. The maximum atomic E-state index is 10.8. The highest BCUT2D eigenvalue weighted by Gasteiger charge is 2.04. The topological polar surface area (TPSA) is 47.3 Å². The summed E-state index contributed by atoms with van der Waals surface area (Å²) in [6.45, 7) is 1.63. The lowest BCUT2D eigenvalue weighted by molar-refractivity contribution is 0.109. The van der Waals surface area contributed by atoms with Crippen LogP contribution in [0.15, 0.2) is 15.3 Å². The molecule has 58 valence electrons. The zero-order valence-electron chi connectivity index (χ0n) is 5.76. The summed E-state index contributed by atoms with van der Waals surface area (Å²) in [5.74, 6) is -0.00287. The number of aldehydes is 1. The Balaban J connectivity index is 3.44. The van der Waals surface area contributed by atoms with Crippen molar-refractivity contribution < 1.29 is 9.21 Å². The van der Waals surface area contributed by atoms with E-state index in [1.807, 2.05) is 0 Å². The SMILES string of the molecule is Cc1cc(C=O)oc(=O)c1Cl. The van der Waals surface area contributed by atoms with Crippen LogP contribution in [0.2, 0.25) is 5.02 Å². The molecule has 0 fully saturated rings. The molecule has 1 aromatic rings. The van der Waals surface area contributed by atoms with Crippen LogP contribution in [-0.4, -0.2) is 6.29 Å². The Kier molecular flexibility index (Phi) is 2.10. The molecule has 3 nitrogen and oxygen atoms in total. The van der Waals surface area contributed by atoms with Gasteiger partial charge < -0.3 is 4.42 Å². The smallest absolute Gasteiger partial charge is 0.355 e. The summed E-state index contributed by atoms with van der Waals surface area (Å²) >= 11 is 5.48. The van der Waals surface area contributed by atoms with Crippen LogP contribution in [0.4, 0.5) is 0 Å². The minimum Gasteiger partial charge on any atom is -0.419 e. The third-order valence-electron chi connectivity index (χ3n) is 1.21. The first-order valence-corrected chi connectivity index (χ1v) is 3.28. The summed E-state index contributed by atoms with van der Waals surface area (Å²) < 4.78 is 4.48. The average molecular weight is 173 g/mol. The summed E-state index contributed by atoms with van der Waals surface area (Å²) in [6, 6.07) is 1.41. The Hall–Kier alpha value is -1.09. The fourth-order valence-corrected chi connectivity index (χ4v) is 0.770. The molecule has 1 aromatic heterocycles. The zero-order valence-corrected chi connectivity index (χ0v) is 6.51. The van der Waals surface area contributed by atoms with Gasteiger partial charge >= 0.3 is 5.63 Å². The van der Waals surface area contributed by atoms with Gasteiger partial charge in [-0.3, -0.25) is 4.79 Å². The number of carbonyl (C=O) groups is 1. The molecule has 0 N–H and O–H groups in total. The molecule has 0 aliphatic rings. The molecule has 0 saturated carbocycles. The Morgan fingerprint density at radius 2 is 2.27 bits per heavy atom. The Morgan fingerprint density at radius 3 is 2.73 bits per heavy atom. The van der Waals surface area contributed by atoms with E-state index < -0.39 is 5.63 Å². The van der Waals surface area contributed by atoms with Crippen molar-refractivity contribution in [2.24, 2.45) is 0 Å². The first-order chi connectivity index (χ1) is 5.15. The van der Waals surface area contributed by atoms with Gasteiger partial charge in [0.15, 0.2) is 12.0 Å². The lowest BCUT2D eigenvalue weighted by Crippen LogP contribution is -2.03. The summed E-state index contributed by atoms with van der Waals surface area (Å²) in [7, 11) is 0. The quantitative estimate of drug-likeness (QED) is 0.602. The van der Waals surface area contributed by atoms with Crippen LogP contribution in [0.3, 0.4) is 0 Å². The Bertz CT molecular complexity index is 340. The minimum atomic E-state index is -0.672. The van der Waals surface area contributed by atoms with Gasteiger partial charge in [-0.15, -0.1) is 0 Å². The highest BCUT2D eigenvalue weighted by molar-refractivity contribution is 6.31. The normalized spacial score (nSPS) is 9.64. The van der Waals surface area contributed by atoms with Crippen LogP contribution >= 0.6 is 11.6 Å². The molecule has 0 bridgehead atoms. The number of halogens is 1. The molecule has 0 saturated heterocycles. The lowest BCUT2D eigenvalue weighted by Gasteiger charge is -1.94. The maximum absolute atomic E-state index is 10.8. The largest absolute Gasteiger partial charge is 0.419 e. The van der Waals surface area contributed by atoms with Crippen LogP contribution in [0.1, 0.15) is 16.1 Å². The number of hydrogen-bond donors (Lipinski definition) is 0. The fourth-order valence-electron chi connectivity index (χ4n) is 0.677. The van der Waals surface area contributed by atoms with E-state index in [2.05, 4.69) is 4.42 Å². The number of aryl methyl sites for hydroxylation is 1. The van der Waals surface area contributed by atoms with E-state index in [-0.39, 0.29) is 10.8 Å². The summed E-state index contributed by atoms with van der Waals surface area (Å²) in [5.41, 5.74) is -0.126. The second-order valence-electron chi connectivity index (χ2n) is 2.05. The van der Waals surface area contributed by atoms with Gasteiger partial charge in [0, 0.05) is 0 Å².